The zero-order valence-corrected chi connectivity index (χ0v) is 11.6. The molecule has 2 unspecified atom stereocenters. The maximum Gasteiger partial charge on any atom is -0.0152 e. The minimum absolute atomic E-state index is 0.559. The highest BCUT2D eigenvalue weighted by Gasteiger charge is 2.38. The van der Waals surface area contributed by atoms with Gasteiger partial charge in [0.15, 0.2) is 0 Å². The van der Waals surface area contributed by atoms with Crippen molar-refractivity contribution in [2.45, 2.75) is 72.6 Å². The van der Waals surface area contributed by atoms with Crippen LogP contribution < -0.4 is 0 Å². The van der Waals surface area contributed by atoms with E-state index in [9.17, 15) is 0 Å². The Labute approximate surface area is 102 Å². The Balaban J connectivity index is 2.19. The number of allylic oxidation sites excluding steroid dienone is 2. The monoisotopic (exact) mass is 220 g/mol. The predicted octanol–water partition coefficient (Wildman–Crippen LogP) is 5.34. The van der Waals surface area contributed by atoms with Crippen LogP contribution in [-0.4, -0.2) is 0 Å². The SMILES string of the molecule is CCC1(C)CCC2=CCCC(C)(C)C2CC1. The van der Waals surface area contributed by atoms with E-state index in [2.05, 4.69) is 33.8 Å². The second-order valence-corrected chi connectivity index (χ2v) is 7.06. The fourth-order valence-electron chi connectivity index (χ4n) is 3.72. The van der Waals surface area contributed by atoms with Crippen LogP contribution in [0, 0.1) is 16.7 Å². The van der Waals surface area contributed by atoms with Gasteiger partial charge in [0.05, 0.1) is 0 Å². The second kappa shape index (κ2) is 4.20. The lowest BCUT2D eigenvalue weighted by atomic mass is 9.66. The Bertz CT molecular complexity index is 284. The van der Waals surface area contributed by atoms with Crippen LogP contribution in [0.4, 0.5) is 0 Å². The number of rotatable bonds is 1. The molecule has 0 aromatic carbocycles. The third-order valence-electron chi connectivity index (χ3n) is 5.49. The van der Waals surface area contributed by atoms with Gasteiger partial charge in [-0.1, -0.05) is 45.8 Å². The highest BCUT2D eigenvalue weighted by Crippen LogP contribution is 2.50. The van der Waals surface area contributed by atoms with E-state index in [1.165, 1.54) is 44.9 Å². The molecule has 0 aromatic heterocycles. The highest BCUT2D eigenvalue weighted by atomic mass is 14.4. The lowest BCUT2D eigenvalue weighted by Crippen LogP contribution is -2.28. The van der Waals surface area contributed by atoms with E-state index in [4.69, 9.17) is 0 Å². The van der Waals surface area contributed by atoms with Crippen LogP contribution in [0.5, 0.6) is 0 Å². The summed E-state index contributed by atoms with van der Waals surface area (Å²) >= 11 is 0. The number of fused-ring (bicyclic) bond motifs is 1. The molecule has 0 aliphatic heterocycles. The van der Waals surface area contributed by atoms with Crippen LogP contribution in [0.15, 0.2) is 11.6 Å². The van der Waals surface area contributed by atoms with Gasteiger partial charge >= 0.3 is 0 Å². The first-order valence-corrected chi connectivity index (χ1v) is 7.16. The highest BCUT2D eigenvalue weighted by molar-refractivity contribution is 5.16. The van der Waals surface area contributed by atoms with Crippen LogP contribution in [0.3, 0.4) is 0 Å². The van der Waals surface area contributed by atoms with E-state index in [0.717, 1.165) is 5.92 Å². The first-order chi connectivity index (χ1) is 7.47. The van der Waals surface area contributed by atoms with E-state index >= 15 is 0 Å². The Morgan fingerprint density at radius 2 is 1.94 bits per heavy atom. The molecule has 2 atom stereocenters. The van der Waals surface area contributed by atoms with E-state index in [1.807, 2.05) is 0 Å². The molecule has 0 radical (unpaired) electrons. The van der Waals surface area contributed by atoms with Crippen molar-refractivity contribution in [1.29, 1.82) is 0 Å². The summed E-state index contributed by atoms with van der Waals surface area (Å²) in [7, 11) is 0. The van der Waals surface area contributed by atoms with E-state index in [0.29, 0.717) is 10.8 Å². The fourth-order valence-corrected chi connectivity index (χ4v) is 3.72. The van der Waals surface area contributed by atoms with Crippen molar-refractivity contribution in [2.75, 3.05) is 0 Å². The molecule has 0 aromatic rings. The molecule has 0 spiro atoms. The molecule has 0 heteroatoms. The molecule has 16 heavy (non-hydrogen) atoms. The van der Waals surface area contributed by atoms with Crippen LogP contribution in [0.1, 0.15) is 72.6 Å². The van der Waals surface area contributed by atoms with Crippen molar-refractivity contribution in [3.05, 3.63) is 11.6 Å². The number of hydrogen-bond acceptors (Lipinski definition) is 0. The molecule has 0 bridgehead atoms. The minimum atomic E-state index is 0.559. The zero-order valence-electron chi connectivity index (χ0n) is 11.6. The summed E-state index contributed by atoms with van der Waals surface area (Å²) in [6, 6.07) is 0. The first-order valence-electron chi connectivity index (χ1n) is 7.16. The van der Waals surface area contributed by atoms with Crippen molar-refractivity contribution in [1.82, 2.24) is 0 Å². The Morgan fingerprint density at radius 3 is 2.62 bits per heavy atom. The largest absolute Gasteiger partial charge is 0.0850 e. The Morgan fingerprint density at radius 1 is 1.19 bits per heavy atom. The summed E-state index contributed by atoms with van der Waals surface area (Å²) in [5.41, 5.74) is 2.98. The normalized spacial score (nSPS) is 38.5. The van der Waals surface area contributed by atoms with Crippen LogP contribution in [0.25, 0.3) is 0 Å². The van der Waals surface area contributed by atoms with Crippen molar-refractivity contribution in [3.63, 3.8) is 0 Å². The minimum Gasteiger partial charge on any atom is -0.0850 e. The Hall–Kier alpha value is -0.260. The van der Waals surface area contributed by atoms with E-state index in [1.54, 1.807) is 5.57 Å². The van der Waals surface area contributed by atoms with E-state index < -0.39 is 0 Å². The van der Waals surface area contributed by atoms with Gasteiger partial charge in [-0.25, -0.2) is 0 Å². The summed E-state index contributed by atoms with van der Waals surface area (Å²) in [4.78, 5) is 0. The van der Waals surface area contributed by atoms with Crippen molar-refractivity contribution in [2.24, 2.45) is 16.7 Å². The summed E-state index contributed by atoms with van der Waals surface area (Å²) in [5, 5.41) is 0. The molecule has 2 aliphatic carbocycles. The third-order valence-corrected chi connectivity index (χ3v) is 5.49. The maximum atomic E-state index is 2.57. The van der Waals surface area contributed by atoms with Gasteiger partial charge in [-0.15, -0.1) is 0 Å². The molecular formula is C16H28. The smallest absolute Gasteiger partial charge is 0.0152 e. The van der Waals surface area contributed by atoms with Crippen LogP contribution >= 0.6 is 0 Å². The van der Waals surface area contributed by atoms with Gasteiger partial charge in [0.2, 0.25) is 0 Å². The molecule has 0 nitrogen and oxygen atoms in total. The lowest BCUT2D eigenvalue weighted by Gasteiger charge is -2.39. The molecule has 2 rings (SSSR count). The Kier molecular flexibility index (Phi) is 3.20. The average Bonchev–Trinajstić information content (AvgIpc) is 2.40. The molecular weight excluding hydrogens is 192 g/mol. The molecule has 1 saturated carbocycles. The average molecular weight is 220 g/mol. The predicted molar refractivity (Wildman–Crippen MR) is 71.5 cm³/mol. The maximum absolute atomic E-state index is 2.57. The van der Waals surface area contributed by atoms with Crippen molar-refractivity contribution >= 4 is 0 Å². The van der Waals surface area contributed by atoms with Gasteiger partial charge in [-0.3, -0.25) is 0 Å². The van der Waals surface area contributed by atoms with Gasteiger partial charge in [-0.2, -0.15) is 0 Å². The van der Waals surface area contributed by atoms with E-state index in [-0.39, 0.29) is 0 Å². The van der Waals surface area contributed by atoms with Gasteiger partial charge in [-0.05, 0) is 55.3 Å². The molecule has 0 N–H and O–H groups in total. The summed E-state index contributed by atoms with van der Waals surface area (Å²) in [5.74, 6) is 0.884. The van der Waals surface area contributed by atoms with Gasteiger partial charge in [0.25, 0.3) is 0 Å². The lowest BCUT2D eigenvalue weighted by molar-refractivity contribution is 0.186. The van der Waals surface area contributed by atoms with Gasteiger partial charge < -0.3 is 0 Å². The summed E-state index contributed by atoms with van der Waals surface area (Å²) < 4.78 is 0. The fraction of sp³-hybridized carbons (Fsp3) is 0.875. The van der Waals surface area contributed by atoms with Gasteiger partial charge in [0.1, 0.15) is 0 Å². The quantitative estimate of drug-likeness (QED) is 0.523. The van der Waals surface area contributed by atoms with Crippen LogP contribution in [-0.2, 0) is 0 Å². The number of hydrogen-bond donors (Lipinski definition) is 0. The third kappa shape index (κ3) is 2.21. The standard InChI is InChI=1S/C16H28/c1-5-16(4)11-8-13-7-6-10-15(2,3)14(13)9-12-16/h7,14H,5-6,8-12H2,1-4H3. The first kappa shape index (κ1) is 12.2. The summed E-state index contributed by atoms with van der Waals surface area (Å²) in [6.07, 6.45) is 12.3. The molecule has 0 heterocycles. The molecule has 2 aliphatic rings. The van der Waals surface area contributed by atoms with Crippen LogP contribution in [0.2, 0.25) is 0 Å². The molecule has 92 valence electrons. The summed E-state index contributed by atoms with van der Waals surface area (Å²) in [6.45, 7) is 9.84. The molecule has 1 fully saturated rings. The zero-order chi connectivity index (χ0) is 11.8. The second-order valence-electron chi connectivity index (χ2n) is 7.06. The van der Waals surface area contributed by atoms with Crippen molar-refractivity contribution < 1.29 is 0 Å². The topological polar surface area (TPSA) is 0 Å². The van der Waals surface area contributed by atoms with Crippen molar-refractivity contribution in [3.8, 4) is 0 Å². The van der Waals surface area contributed by atoms with Gasteiger partial charge in [0, 0.05) is 0 Å². The molecule has 0 amide bonds. The molecule has 0 saturated heterocycles.